The molecule has 0 spiro atoms. The van der Waals surface area contributed by atoms with E-state index < -0.39 is 6.10 Å². The van der Waals surface area contributed by atoms with Crippen molar-refractivity contribution < 1.29 is 14.6 Å². The SMILES string of the molecule is COC(C(=O)NC(CCO)C1CCCCC1)c1ccccc1. The molecule has 22 heavy (non-hydrogen) atoms. The molecule has 0 heterocycles. The molecule has 0 bridgehead atoms. The van der Waals surface area contributed by atoms with Crippen molar-refractivity contribution in [1.82, 2.24) is 5.32 Å². The highest BCUT2D eigenvalue weighted by molar-refractivity contribution is 5.82. The Morgan fingerprint density at radius 3 is 2.55 bits per heavy atom. The number of methoxy groups -OCH3 is 1. The minimum Gasteiger partial charge on any atom is -0.396 e. The van der Waals surface area contributed by atoms with Crippen LogP contribution in [-0.2, 0) is 9.53 Å². The van der Waals surface area contributed by atoms with E-state index in [2.05, 4.69) is 5.32 Å². The molecule has 0 radical (unpaired) electrons. The van der Waals surface area contributed by atoms with Crippen LogP contribution in [-0.4, -0.2) is 30.8 Å². The van der Waals surface area contributed by atoms with E-state index in [1.165, 1.54) is 19.3 Å². The van der Waals surface area contributed by atoms with Gasteiger partial charge in [0.1, 0.15) is 0 Å². The number of hydrogen-bond acceptors (Lipinski definition) is 3. The summed E-state index contributed by atoms with van der Waals surface area (Å²) in [5, 5.41) is 12.4. The Balaban J connectivity index is 2.02. The number of amides is 1. The lowest BCUT2D eigenvalue weighted by molar-refractivity contribution is -0.132. The number of carbonyl (C=O) groups excluding carboxylic acids is 1. The van der Waals surface area contributed by atoms with Crippen molar-refractivity contribution in [3.05, 3.63) is 35.9 Å². The van der Waals surface area contributed by atoms with Gasteiger partial charge in [0.2, 0.25) is 0 Å². The summed E-state index contributed by atoms with van der Waals surface area (Å²) in [4.78, 5) is 12.6. The van der Waals surface area contributed by atoms with E-state index >= 15 is 0 Å². The summed E-state index contributed by atoms with van der Waals surface area (Å²) >= 11 is 0. The van der Waals surface area contributed by atoms with Crippen molar-refractivity contribution in [1.29, 1.82) is 0 Å². The molecule has 1 fully saturated rings. The normalized spacial score (nSPS) is 18.6. The summed E-state index contributed by atoms with van der Waals surface area (Å²) in [6, 6.07) is 9.57. The predicted molar refractivity (Wildman–Crippen MR) is 86.4 cm³/mol. The smallest absolute Gasteiger partial charge is 0.253 e. The number of ether oxygens (including phenoxy) is 1. The highest BCUT2D eigenvalue weighted by atomic mass is 16.5. The maximum Gasteiger partial charge on any atom is 0.253 e. The number of rotatable bonds is 7. The highest BCUT2D eigenvalue weighted by Crippen LogP contribution is 2.28. The molecule has 122 valence electrons. The fourth-order valence-corrected chi connectivity index (χ4v) is 3.38. The van der Waals surface area contributed by atoms with Crippen molar-refractivity contribution in [3.63, 3.8) is 0 Å². The first-order valence-corrected chi connectivity index (χ1v) is 8.25. The van der Waals surface area contributed by atoms with Crippen LogP contribution in [0.1, 0.15) is 50.2 Å². The van der Waals surface area contributed by atoms with Gasteiger partial charge in [-0.2, -0.15) is 0 Å². The third-order valence-corrected chi connectivity index (χ3v) is 4.56. The zero-order chi connectivity index (χ0) is 15.8. The topological polar surface area (TPSA) is 58.6 Å². The van der Waals surface area contributed by atoms with Crippen LogP contribution in [0.2, 0.25) is 0 Å². The fraction of sp³-hybridized carbons (Fsp3) is 0.611. The lowest BCUT2D eigenvalue weighted by Crippen LogP contribution is -2.44. The van der Waals surface area contributed by atoms with Crippen molar-refractivity contribution in [2.75, 3.05) is 13.7 Å². The molecule has 2 atom stereocenters. The number of benzene rings is 1. The van der Waals surface area contributed by atoms with E-state index in [0.29, 0.717) is 12.3 Å². The van der Waals surface area contributed by atoms with Crippen LogP contribution < -0.4 is 5.32 Å². The Labute approximate surface area is 132 Å². The van der Waals surface area contributed by atoms with Crippen LogP contribution in [0.15, 0.2) is 30.3 Å². The zero-order valence-corrected chi connectivity index (χ0v) is 13.3. The number of aliphatic hydroxyl groups is 1. The van der Waals surface area contributed by atoms with Gasteiger partial charge in [-0.05, 0) is 30.7 Å². The first-order chi connectivity index (χ1) is 10.8. The summed E-state index contributed by atoms with van der Waals surface area (Å²) in [5.41, 5.74) is 0.855. The van der Waals surface area contributed by atoms with Crippen LogP contribution in [0.4, 0.5) is 0 Å². The largest absolute Gasteiger partial charge is 0.396 e. The molecule has 1 amide bonds. The zero-order valence-electron chi connectivity index (χ0n) is 13.3. The molecular formula is C18H27NO3. The maximum atomic E-state index is 12.6. The van der Waals surface area contributed by atoms with E-state index in [-0.39, 0.29) is 18.6 Å². The molecule has 0 saturated heterocycles. The number of hydrogen-bond donors (Lipinski definition) is 2. The average molecular weight is 305 g/mol. The van der Waals surface area contributed by atoms with Crippen LogP contribution in [0.25, 0.3) is 0 Å². The van der Waals surface area contributed by atoms with Gasteiger partial charge in [0, 0.05) is 19.8 Å². The highest BCUT2D eigenvalue weighted by Gasteiger charge is 2.28. The summed E-state index contributed by atoms with van der Waals surface area (Å²) in [7, 11) is 1.55. The van der Waals surface area contributed by atoms with Crippen LogP contribution in [0.3, 0.4) is 0 Å². The van der Waals surface area contributed by atoms with E-state index in [0.717, 1.165) is 18.4 Å². The van der Waals surface area contributed by atoms with Gasteiger partial charge in [0.15, 0.2) is 6.10 Å². The van der Waals surface area contributed by atoms with E-state index in [4.69, 9.17) is 4.74 Å². The van der Waals surface area contributed by atoms with Crippen molar-refractivity contribution in [2.24, 2.45) is 5.92 Å². The molecule has 1 saturated carbocycles. The summed E-state index contributed by atoms with van der Waals surface area (Å²) in [5.74, 6) is 0.357. The molecule has 4 nitrogen and oxygen atoms in total. The Morgan fingerprint density at radius 2 is 1.95 bits per heavy atom. The molecule has 2 N–H and O–H groups in total. The van der Waals surface area contributed by atoms with Gasteiger partial charge in [-0.1, -0.05) is 49.6 Å². The first-order valence-electron chi connectivity index (χ1n) is 8.25. The Bertz CT molecular complexity index is 443. The number of aliphatic hydroxyl groups excluding tert-OH is 1. The third kappa shape index (κ3) is 4.55. The van der Waals surface area contributed by atoms with Crippen LogP contribution >= 0.6 is 0 Å². The molecule has 4 heteroatoms. The molecule has 1 aromatic carbocycles. The van der Waals surface area contributed by atoms with Gasteiger partial charge in [0.05, 0.1) is 0 Å². The molecular weight excluding hydrogens is 278 g/mol. The van der Waals surface area contributed by atoms with Gasteiger partial charge < -0.3 is 15.2 Å². The predicted octanol–water partition coefficient (Wildman–Crippen LogP) is 2.82. The lowest BCUT2D eigenvalue weighted by Gasteiger charge is -2.31. The molecule has 1 aliphatic rings. The quantitative estimate of drug-likeness (QED) is 0.814. The number of nitrogens with one attached hydrogen (secondary N) is 1. The second-order valence-electron chi connectivity index (χ2n) is 6.05. The van der Waals surface area contributed by atoms with Crippen molar-refractivity contribution in [2.45, 2.75) is 50.7 Å². The Morgan fingerprint density at radius 1 is 1.27 bits per heavy atom. The van der Waals surface area contributed by atoms with Crippen LogP contribution in [0.5, 0.6) is 0 Å². The van der Waals surface area contributed by atoms with Crippen molar-refractivity contribution >= 4 is 5.91 Å². The van der Waals surface area contributed by atoms with Gasteiger partial charge in [-0.25, -0.2) is 0 Å². The van der Waals surface area contributed by atoms with Gasteiger partial charge in [-0.3, -0.25) is 4.79 Å². The van der Waals surface area contributed by atoms with E-state index in [9.17, 15) is 9.90 Å². The molecule has 2 unspecified atom stereocenters. The van der Waals surface area contributed by atoms with E-state index in [1.807, 2.05) is 30.3 Å². The number of carbonyl (C=O) groups is 1. The summed E-state index contributed by atoms with van der Waals surface area (Å²) in [6.07, 6.45) is 6.00. The second-order valence-corrected chi connectivity index (χ2v) is 6.05. The van der Waals surface area contributed by atoms with Crippen LogP contribution in [0, 0.1) is 5.92 Å². The minimum absolute atomic E-state index is 0.0409. The van der Waals surface area contributed by atoms with Gasteiger partial charge in [0.25, 0.3) is 5.91 Å². The second kappa shape index (κ2) is 8.91. The van der Waals surface area contributed by atoms with Crippen molar-refractivity contribution in [3.8, 4) is 0 Å². The monoisotopic (exact) mass is 305 g/mol. The average Bonchev–Trinajstić information content (AvgIpc) is 2.57. The maximum absolute atomic E-state index is 12.6. The van der Waals surface area contributed by atoms with E-state index in [1.54, 1.807) is 7.11 Å². The summed E-state index contributed by atoms with van der Waals surface area (Å²) < 4.78 is 5.39. The summed E-state index contributed by atoms with van der Waals surface area (Å²) in [6.45, 7) is 0.102. The Kier molecular flexibility index (Phi) is 6.87. The Hall–Kier alpha value is -1.39. The molecule has 1 aromatic rings. The molecule has 1 aliphatic carbocycles. The van der Waals surface area contributed by atoms with Gasteiger partial charge in [-0.15, -0.1) is 0 Å². The molecule has 0 aliphatic heterocycles. The molecule has 0 aromatic heterocycles. The standard InChI is InChI=1S/C18H27NO3/c1-22-17(15-10-6-3-7-11-15)18(21)19-16(12-13-20)14-8-4-2-5-9-14/h3,6-7,10-11,14,16-17,20H,2,4-5,8-9,12-13H2,1H3,(H,19,21). The van der Waals surface area contributed by atoms with Gasteiger partial charge >= 0.3 is 0 Å². The third-order valence-electron chi connectivity index (χ3n) is 4.56. The lowest BCUT2D eigenvalue weighted by atomic mass is 9.82. The first kappa shape index (κ1) is 17.0. The fourth-order valence-electron chi connectivity index (χ4n) is 3.38. The minimum atomic E-state index is -0.592. The molecule has 2 rings (SSSR count).